The van der Waals surface area contributed by atoms with Gasteiger partial charge in [0.25, 0.3) is 11.8 Å². The van der Waals surface area contributed by atoms with E-state index < -0.39 is 0 Å². The van der Waals surface area contributed by atoms with Crippen LogP contribution < -0.4 is 15.4 Å². The van der Waals surface area contributed by atoms with Crippen molar-refractivity contribution in [2.75, 3.05) is 0 Å². The predicted octanol–water partition coefficient (Wildman–Crippen LogP) is 5.70. The van der Waals surface area contributed by atoms with Crippen molar-refractivity contribution >= 4 is 17.9 Å². The van der Waals surface area contributed by atoms with Gasteiger partial charge in [-0.25, -0.2) is 0 Å². The molecule has 1 aromatic heterocycles. The van der Waals surface area contributed by atoms with Crippen LogP contribution in [-0.4, -0.2) is 17.4 Å². The Kier molecular flexibility index (Phi) is 6.45. The maximum atomic E-state index is 13.6. The van der Waals surface area contributed by atoms with Gasteiger partial charge in [0.15, 0.2) is 0 Å². The molecule has 6 nitrogen and oxygen atoms in total. The van der Waals surface area contributed by atoms with Crippen molar-refractivity contribution in [3.05, 3.63) is 95.1 Å². The zero-order valence-corrected chi connectivity index (χ0v) is 19.9. The first-order valence-corrected chi connectivity index (χ1v) is 12.2. The van der Waals surface area contributed by atoms with Gasteiger partial charge in [0, 0.05) is 23.6 Å². The molecule has 2 amide bonds. The van der Waals surface area contributed by atoms with Gasteiger partial charge < -0.3 is 19.8 Å². The molecule has 3 aromatic rings. The zero-order valence-electron chi connectivity index (χ0n) is 19.9. The molecule has 2 aliphatic rings. The summed E-state index contributed by atoms with van der Waals surface area (Å²) in [5.41, 5.74) is 2.36. The Morgan fingerprint density at radius 1 is 0.971 bits per heavy atom. The third kappa shape index (κ3) is 5.16. The summed E-state index contributed by atoms with van der Waals surface area (Å²) in [7, 11) is 0. The number of aryl methyl sites for hydroxylation is 1. The van der Waals surface area contributed by atoms with Crippen LogP contribution in [0, 0.1) is 6.92 Å². The van der Waals surface area contributed by atoms with Crippen molar-refractivity contribution < 1.29 is 18.7 Å². The van der Waals surface area contributed by atoms with Crippen LogP contribution in [0.25, 0.3) is 6.08 Å². The maximum Gasteiger partial charge on any atom is 0.268 e. The van der Waals surface area contributed by atoms with Crippen molar-refractivity contribution in [3.63, 3.8) is 0 Å². The Labute approximate surface area is 205 Å². The molecular formula is C29H30N2O4. The summed E-state index contributed by atoms with van der Waals surface area (Å²) in [5, 5.41) is 5.98. The molecule has 180 valence electrons. The van der Waals surface area contributed by atoms with Crippen LogP contribution in [0.3, 0.4) is 0 Å². The van der Waals surface area contributed by atoms with E-state index in [1.54, 1.807) is 30.3 Å². The third-order valence-corrected chi connectivity index (χ3v) is 6.90. The zero-order chi connectivity index (χ0) is 24.3. The molecule has 1 saturated carbocycles. The lowest BCUT2D eigenvalue weighted by molar-refractivity contribution is -0.119. The minimum absolute atomic E-state index is 0.132. The fourth-order valence-corrected chi connectivity index (χ4v) is 5.06. The highest BCUT2D eigenvalue weighted by atomic mass is 16.5. The van der Waals surface area contributed by atoms with Crippen LogP contribution in [0.5, 0.6) is 5.75 Å². The average molecular weight is 471 g/mol. The predicted molar refractivity (Wildman–Crippen MR) is 134 cm³/mol. The summed E-state index contributed by atoms with van der Waals surface area (Å²) in [6.07, 6.45) is 9.21. The van der Waals surface area contributed by atoms with E-state index in [2.05, 4.69) is 10.6 Å². The lowest BCUT2D eigenvalue weighted by Gasteiger charge is -2.44. The van der Waals surface area contributed by atoms with Gasteiger partial charge in [-0.1, -0.05) is 42.3 Å². The molecule has 2 heterocycles. The molecule has 5 rings (SSSR count). The minimum atomic E-state index is -0.366. The largest absolute Gasteiger partial charge is 0.487 e. The van der Waals surface area contributed by atoms with Crippen molar-refractivity contribution in [1.29, 1.82) is 0 Å². The van der Waals surface area contributed by atoms with E-state index in [0.29, 0.717) is 17.7 Å². The fraction of sp³-hybridized carbons (Fsp3) is 0.310. The number of amides is 2. The van der Waals surface area contributed by atoms with Crippen LogP contribution in [0.15, 0.2) is 77.0 Å². The molecule has 0 saturated heterocycles. The number of carbonyl (C=O) groups excluding carboxylic acids is 2. The number of furan rings is 1. The standard InChI is InChI=1S/C29H30N2O4/c1-20-11-13-21(14-12-20)27(32)30-24(18-22-8-7-17-34-22)28(33)31-25-19-29(15-5-2-6-16-29)35-26-10-4-3-9-23(25)26/h3-4,7-14,17-18,25H,2,5-6,15-16,19H2,1H3,(H,30,32)(H,31,33)/b24-18-/t25-/m0/s1. The number of para-hydroxylation sites is 1. The number of nitrogens with one attached hydrogen (secondary N) is 2. The van der Waals surface area contributed by atoms with Gasteiger partial charge in [-0.05, 0) is 62.9 Å². The van der Waals surface area contributed by atoms with E-state index in [-0.39, 0.29) is 29.2 Å². The highest BCUT2D eigenvalue weighted by Gasteiger charge is 2.42. The number of ether oxygens (including phenoxy) is 1. The molecule has 0 radical (unpaired) electrons. The van der Waals surface area contributed by atoms with E-state index in [0.717, 1.165) is 42.6 Å². The van der Waals surface area contributed by atoms with Crippen molar-refractivity contribution in [1.82, 2.24) is 10.6 Å². The molecule has 1 aliphatic heterocycles. The van der Waals surface area contributed by atoms with Gasteiger partial charge in [0.1, 0.15) is 22.8 Å². The Bertz CT molecular complexity index is 1220. The molecule has 2 N–H and O–H groups in total. The first-order chi connectivity index (χ1) is 17.0. The molecule has 6 heteroatoms. The second-order valence-electron chi connectivity index (χ2n) is 9.51. The van der Waals surface area contributed by atoms with Gasteiger partial charge >= 0.3 is 0 Å². The summed E-state index contributed by atoms with van der Waals surface area (Å²) in [6, 6.07) is 18.4. The maximum absolute atomic E-state index is 13.6. The van der Waals surface area contributed by atoms with Gasteiger partial charge in [-0.2, -0.15) is 0 Å². The van der Waals surface area contributed by atoms with Crippen LogP contribution in [0.1, 0.15) is 71.8 Å². The Morgan fingerprint density at radius 2 is 1.74 bits per heavy atom. The van der Waals surface area contributed by atoms with Gasteiger partial charge in [-0.3, -0.25) is 9.59 Å². The second kappa shape index (κ2) is 9.82. The SMILES string of the molecule is Cc1ccc(C(=O)N/C(=C\c2ccco2)C(=O)N[C@H]2CC3(CCCCC3)Oc3ccccc32)cc1. The number of rotatable bonds is 5. The number of benzene rings is 2. The fourth-order valence-electron chi connectivity index (χ4n) is 5.06. The van der Waals surface area contributed by atoms with E-state index >= 15 is 0 Å². The monoisotopic (exact) mass is 470 g/mol. The molecule has 1 atom stereocenters. The van der Waals surface area contributed by atoms with Crippen molar-refractivity contribution in [3.8, 4) is 5.75 Å². The Hall–Kier alpha value is -3.80. The summed E-state index contributed by atoms with van der Waals surface area (Å²) in [4.78, 5) is 26.5. The van der Waals surface area contributed by atoms with E-state index in [1.807, 2.05) is 43.3 Å². The van der Waals surface area contributed by atoms with Crippen LogP contribution in [0.4, 0.5) is 0 Å². The van der Waals surface area contributed by atoms with Crippen LogP contribution >= 0.6 is 0 Å². The van der Waals surface area contributed by atoms with Crippen molar-refractivity contribution in [2.24, 2.45) is 0 Å². The lowest BCUT2D eigenvalue weighted by Crippen LogP contribution is -2.47. The van der Waals surface area contributed by atoms with E-state index in [9.17, 15) is 9.59 Å². The molecular weight excluding hydrogens is 440 g/mol. The summed E-state index contributed by atoms with van der Waals surface area (Å²) < 4.78 is 11.9. The van der Waals surface area contributed by atoms with E-state index in [1.165, 1.54) is 12.7 Å². The topological polar surface area (TPSA) is 80.6 Å². The second-order valence-corrected chi connectivity index (χ2v) is 9.51. The highest BCUT2D eigenvalue weighted by Crippen LogP contribution is 2.46. The summed E-state index contributed by atoms with van der Waals surface area (Å²) in [6.45, 7) is 1.96. The molecule has 35 heavy (non-hydrogen) atoms. The molecule has 2 aromatic carbocycles. The third-order valence-electron chi connectivity index (χ3n) is 6.90. The quantitative estimate of drug-likeness (QED) is 0.469. The lowest BCUT2D eigenvalue weighted by atomic mass is 9.77. The van der Waals surface area contributed by atoms with Crippen LogP contribution in [0.2, 0.25) is 0 Å². The molecule has 1 spiro atoms. The number of hydrogen-bond donors (Lipinski definition) is 2. The summed E-state index contributed by atoms with van der Waals surface area (Å²) >= 11 is 0. The van der Waals surface area contributed by atoms with Gasteiger partial charge in [0.2, 0.25) is 0 Å². The highest BCUT2D eigenvalue weighted by molar-refractivity contribution is 6.05. The first-order valence-electron chi connectivity index (χ1n) is 12.2. The van der Waals surface area contributed by atoms with Gasteiger partial charge in [0.05, 0.1) is 12.3 Å². The van der Waals surface area contributed by atoms with Gasteiger partial charge in [-0.15, -0.1) is 0 Å². The first kappa shape index (κ1) is 23.0. The molecule has 0 bridgehead atoms. The number of fused-ring (bicyclic) bond motifs is 1. The molecule has 1 fully saturated rings. The number of hydrogen-bond acceptors (Lipinski definition) is 4. The van der Waals surface area contributed by atoms with Crippen LogP contribution in [-0.2, 0) is 4.79 Å². The number of carbonyl (C=O) groups is 2. The molecule has 0 unspecified atom stereocenters. The normalized spacial score (nSPS) is 18.9. The smallest absolute Gasteiger partial charge is 0.268 e. The Morgan fingerprint density at radius 3 is 2.49 bits per heavy atom. The minimum Gasteiger partial charge on any atom is -0.487 e. The molecule has 1 aliphatic carbocycles. The summed E-state index contributed by atoms with van der Waals surface area (Å²) in [5.74, 6) is 0.588. The van der Waals surface area contributed by atoms with Crippen molar-refractivity contribution in [2.45, 2.75) is 57.1 Å². The Balaban J connectivity index is 1.41. The average Bonchev–Trinajstić information content (AvgIpc) is 3.37. The van der Waals surface area contributed by atoms with E-state index in [4.69, 9.17) is 9.15 Å².